The van der Waals surface area contributed by atoms with Crippen molar-refractivity contribution >= 4 is 23.1 Å². The SMILES string of the molecule is COc1ncc(-c2cc(C(F)(F)F)c3c(N)ncnn23)cc1C(=O)Nc1cn(C(c2ccccc2)C(F)(F)F)cn1. The minimum Gasteiger partial charge on any atom is -0.480 e. The minimum atomic E-state index is -4.80. The molecular formula is C25H18F6N8O2. The number of pyridine rings is 1. The number of nitrogens with zero attached hydrogens (tertiary/aromatic N) is 6. The molecule has 0 saturated heterocycles. The molecule has 0 aliphatic rings. The molecule has 5 rings (SSSR count). The third kappa shape index (κ3) is 5.22. The van der Waals surface area contributed by atoms with E-state index in [4.69, 9.17) is 10.5 Å². The van der Waals surface area contributed by atoms with Gasteiger partial charge in [-0.05, 0) is 17.7 Å². The first kappa shape index (κ1) is 27.4. The number of halogens is 6. The maximum atomic E-state index is 13.9. The Bertz CT molecular complexity index is 1730. The van der Waals surface area contributed by atoms with Gasteiger partial charge in [0.25, 0.3) is 5.91 Å². The van der Waals surface area contributed by atoms with E-state index >= 15 is 0 Å². The number of anilines is 2. The van der Waals surface area contributed by atoms with Gasteiger partial charge in [0, 0.05) is 18.0 Å². The average Bonchev–Trinajstić information content (AvgIpc) is 3.54. The molecule has 0 aliphatic heterocycles. The Hall–Kier alpha value is -5.15. The van der Waals surface area contributed by atoms with E-state index in [2.05, 4.69) is 25.4 Å². The van der Waals surface area contributed by atoms with Crippen LogP contribution < -0.4 is 15.8 Å². The second kappa shape index (κ2) is 10.1. The van der Waals surface area contributed by atoms with Crippen LogP contribution in [-0.4, -0.2) is 48.3 Å². The van der Waals surface area contributed by atoms with E-state index in [0.29, 0.717) is 0 Å². The van der Waals surface area contributed by atoms with Crippen LogP contribution in [-0.2, 0) is 6.18 Å². The number of rotatable bonds is 6. The molecule has 10 nitrogen and oxygen atoms in total. The van der Waals surface area contributed by atoms with Crippen molar-refractivity contribution < 1.29 is 35.9 Å². The van der Waals surface area contributed by atoms with Gasteiger partial charge < -0.3 is 20.4 Å². The van der Waals surface area contributed by atoms with Crippen LogP contribution in [0, 0.1) is 0 Å². The van der Waals surface area contributed by atoms with Crippen LogP contribution in [0.4, 0.5) is 38.0 Å². The van der Waals surface area contributed by atoms with E-state index in [1.54, 1.807) is 6.07 Å². The fourth-order valence-electron chi connectivity index (χ4n) is 4.30. The Morgan fingerprint density at radius 1 is 1.05 bits per heavy atom. The maximum Gasteiger partial charge on any atom is 0.418 e. The largest absolute Gasteiger partial charge is 0.480 e. The molecule has 4 heterocycles. The highest BCUT2D eigenvalue weighted by Crippen LogP contribution is 2.39. The lowest BCUT2D eigenvalue weighted by atomic mass is 10.1. The number of nitrogens with two attached hydrogens (primary N) is 1. The zero-order valence-electron chi connectivity index (χ0n) is 20.8. The normalized spacial score (nSPS) is 12.9. The van der Waals surface area contributed by atoms with Gasteiger partial charge in [-0.25, -0.2) is 19.5 Å². The molecule has 0 saturated carbocycles. The Kier molecular flexibility index (Phi) is 6.76. The lowest BCUT2D eigenvalue weighted by molar-refractivity contribution is -0.156. The number of fused-ring (bicyclic) bond motifs is 1. The Morgan fingerprint density at radius 3 is 2.44 bits per heavy atom. The number of aromatic nitrogens is 6. The van der Waals surface area contributed by atoms with Crippen LogP contribution in [0.15, 0.2) is 67.5 Å². The summed E-state index contributed by atoms with van der Waals surface area (Å²) in [5.41, 5.74) is 3.75. The molecule has 1 unspecified atom stereocenters. The summed E-state index contributed by atoms with van der Waals surface area (Å²) in [5, 5.41) is 6.24. The molecule has 3 N–H and O–H groups in total. The highest BCUT2D eigenvalue weighted by Gasteiger charge is 2.42. The summed E-state index contributed by atoms with van der Waals surface area (Å²) >= 11 is 0. The molecule has 41 heavy (non-hydrogen) atoms. The number of ether oxygens (including phenoxy) is 1. The van der Waals surface area contributed by atoms with Crippen molar-refractivity contribution in [1.82, 2.24) is 29.1 Å². The maximum absolute atomic E-state index is 13.9. The van der Waals surface area contributed by atoms with Crippen LogP contribution in [0.1, 0.15) is 27.5 Å². The molecule has 212 valence electrons. The predicted molar refractivity (Wildman–Crippen MR) is 133 cm³/mol. The fourth-order valence-corrected chi connectivity index (χ4v) is 4.30. The smallest absolute Gasteiger partial charge is 0.418 e. The molecule has 0 aliphatic carbocycles. The summed E-state index contributed by atoms with van der Waals surface area (Å²) in [7, 11) is 1.21. The number of alkyl halides is 6. The number of carbonyl (C=O) groups excluding carboxylic acids is 1. The number of hydrogen-bond acceptors (Lipinski definition) is 7. The summed E-state index contributed by atoms with van der Waals surface area (Å²) in [6, 6.07) is 7.04. The van der Waals surface area contributed by atoms with Gasteiger partial charge in [0.2, 0.25) is 5.88 Å². The van der Waals surface area contributed by atoms with Gasteiger partial charge in [-0.15, -0.1) is 0 Å². The van der Waals surface area contributed by atoms with E-state index in [9.17, 15) is 31.1 Å². The number of nitrogen functional groups attached to an aromatic ring is 1. The van der Waals surface area contributed by atoms with Crippen LogP contribution in [0.5, 0.6) is 5.88 Å². The van der Waals surface area contributed by atoms with Gasteiger partial charge in [-0.1, -0.05) is 30.3 Å². The monoisotopic (exact) mass is 576 g/mol. The lowest BCUT2D eigenvalue weighted by Gasteiger charge is -2.21. The third-order valence-electron chi connectivity index (χ3n) is 6.04. The van der Waals surface area contributed by atoms with Gasteiger partial charge in [0.1, 0.15) is 17.4 Å². The quantitative estimate of drug-likeness (QED) is 0.273. The lowest BCUT2D eigenvalue weighted by Crippen LogP contribution is -2.26. The van der Waals surface area contributed by atoms with E-state index < -0.39 is 41.2 Å². The van der Waals surface area contributed by atoms with Crippen molar-refractivity contribution in [2.24, 2.45) is 0 Å². The molecule has 1 aromatic carbocycles. The highest BCUT2D eigenvalue weighted by atomic mass is 19.4. The van der Waals surface area contributed by atoms with Crippen LogP contribution in [0.3, 0.4) is 0 Å². The second-order valence-corrected chi connectivity index (χ2v) is 8.64. The van der Waals surface area contributed by atoms with E-state index in [0.717, 1.165) is 34.0 Å². The summed E-state index contributed by atoms with van der Waals surface area (Å²) < 4.78 is 89.7. The predicted octanol–water partition coefficient (Wildman–Crippen LogP) is 5.00. The van der Waals surface area contributed by atoms with Gasteiger partial charge in [-0.2, -0.15) is 31.4 Å². The van der Waals surface area contributed by atoms with Crippen molar-refractivity contribution in [2.75, 3.05) is 18.2 Å². The third-order valence-corrected chi connectivity index (χ3v) is 6.04. The number of hydrogen-bond donors (Lipinski definition) is 2. The number of carbonyl (C=O) groups is 1. The zero-order valence-corrected chi connectivity index (χ0v) is 20.8. The standard InChI is InChI=1S/C25H18F6N8O2/c1-41-23-15(7-14(9-33-23)17-8-16(24(26,27)28)19-21(32)34-11-36-39(17)19)22(40)37-18-10-38(12-35-18)20(25(29,30)31)13-5-3-2-4-6-13/h2-12,20H,1H3,(H,37,40)(H2,32,34,36). The minimum absolute atomic E-state index is 0.0336. The second-order valence-electron chi connectivity index (χ2n) is 8.64. The molecule has 0 radical (unpaired) electrons. The van der Waals surface area contributed by atoms with Crippen molar-refractivity contribution in [3.63, 3.8) is 0 Å². The van der Waals surface area contributed by atoms with Crippen LogP contribution in [0.25, 0.3) is 16.8 Å². The van der Waals surface area contributed by atoms with Gasteiger partial charge in [0.05, 0.1) is 24.7 Å². The van der Waals surface area contributed by atoms with E-state index in [-0.39, 0.29) is 34.1 Å². The Morgan fingerprint density at radius 2 is 1.78 bits per heavy atom. The van der Waals surface area contributed by atoms with Crippen molar-refractivity contribution in [2.45, 2.75) is 18.4 Å². The fraction of sp³-hybridized carbons (Fsp3) is 0.160. The number of amides is 1. The molecule has 5 aromatic rings. The van der Waals surface area contributed by atoms with Crippen molar-refractivity contribution in [3.8, 4) is 17.1 Å². The summed E-state index contributed by atoms with van der Waals surface area (Å²) in [4.78, 5) is 24.7. The van der Waals surface area contributed by atoms with E-state index in [1.165, 1.54) is 43.6 Å². The van der Waals surface area contributed by atoms with Gasteiger partial charge in [-0.3, -0.25) is 4.79 Å². The van der Waals surface area contributed by atoms with Crippen molar-refractivity contribution in [3.05, 3.63) is 84.2 Å². The molecule has 0 spiro atoms. The first-order valence-electron chi connectivity index (χ1n) is 11.6. The molecule has 4 aromatic heterocycles. The molecule has 16 heteroatoms. The van der Waals surface area contributed by atoms with Gasteiger partial charge in [0.15, 0.2) is 17.7 Å². The average molecular weight is 576 g/mol. The topological polar surface area (TPSA) is 125 Å². The van der Waals surface area contributed by atoms with Crippen LogP contribution >= 0.6 is 0 Å². The molecular weight excluding hydrogens is 558 g/mol. The number of nitrogens with one attached hydrogen (secondary N) is 1. The Balaban J connectivity index is 1.50. The van der Waals surface area contributed by atoms with Crippen LogP contribution in [0.2, 0.25) is 0 Å². The highest BCUT2D eigenvalue weighted by molar-refractivity contribution is 6.06. The van der Waals surface area contributed by atoms with Gasteiger partial charge >= 0.3 is 12.4 Å². The molecule has 0 bridgehead atoms. The Labute approximate surface area is 226 Å². The summed E-state index contributed by atoms with van der Waals surface area (Å²) in [5.74, 6) is -1.73. The zero-order chi connectivity index (χ0) is 29.5. The number of benzene rings is 1. The number of methoxy groups -OCH3 is 1. The first-order chi connectivity index (χ1) is 19.4. The molecule has 1 amide bonds. The van der Waals surface area contributed by atoms with Crippen molar-refractivity contribution in [1.29, 1.82) is 0 Å². The van der Waals surface area contributed by atoms with E-state index in [1.807, 2.05) is 0 Å². The molecule has 1 atom stereocenters. The first-order valence-corrected chi connectivity index (χ1v) is 11.6. The molecule has 0 fully saturated rings. The number of imidazole rings is 1. The summed E-state index contributed by atoms with van der Waals surface area (Å²) in [6.07, 6.45) is -5.41. The summed E-state index contributed by atoms with van der Waals surface area (Å²) in [6.45, 7) is 0.